The van der Waals surface area contributed by atoms with E-state index >= 15 is 0 Å². The van der Waals surface area contributed by atoms with E-state index in [4.69, 9.17) is 14.0 Å². The summed E-state index contributed by atoms with van der Waals surface area (Å²) in [6, 6.07) is 0. The third-order valence-electron chi connectivity index (χ3n) is 4.08. The SMILES string of the molecule is CC(C)(C)OC(=O)N1CC(Cc2nc(CC3CCOC3)no2)C1. The zero-order valence-corrected chi connectivity index (χ0v) is 14.1. The Balaban J connectivity index is 1.41. The molecule has 23 heavy (non-hydrogen) atoms. The molecule has 0 saturated carbocycles. The molecule has 1 aromatic heterocycles. The number of hydrogen-bond acceptors (Lipinski definition) is 6. The van der Waals surface area contributed by atoms with Crippen molar-refractivity contribution in [3.05, 3.63) is 11.7 Å². The first-order chi connectivity index (χ1) is 10.9. The van der Waals surface area contributed by atoms with Crippen molar-refractivity contribution >= 4 is 6.09 Å². The second-order valence-corrected chi connectivity index (χ2v) is 7.49. The summed E-state index contributed by atoms with van der Waals surface area (Å²) in [4.78, 5) is 18.0. The standard InChI is InChI=1S/C16H25N3O4/c1-16(2,3)22-15(20)19-8-12(9-19)7-14-17-13(18-23-14)6-11-4-5-21-10-11/h11-12H,4-10H2,1-3H3. The Morgan fingerprint density at radius 1 is 1.30 bits per heavy atom. The lowest BCUT2D eigenvalue weighted by atomic mass is 9.97. The quantitative estimate of drug-likeness (QED) is 0.844. The van der Waals surface area contributed by atoms with Crippen LogP contribution in [0.1, 0.15) is 38.9 Å². The third-order valence-corrected chi connectivity index (χ3v) is 4.08. The van der Waals surface area contributed by atoms with E-state index < -0.39 is 5.60 Å². The van der Waals surface area contributed by atoms with E-state index in [0.717, 1.165) is 31.9 Å². The highest BCUT2D eigenvalue weighted by atomic mass is 16.6. The molecule has 1 aromatic rings. The van der Waals surface area contributed by atoms with Gasteiger partial charge >= 0.3 is 6.09 Å². The van der Waals surface area contributed by atoms with Crippen LogP contribution < -0.4 is 0 Å². The van der Waals surface area contributed by atoms with Crippen LogP contribution in [0.5, 0.6) is 0 Å². The van der Waals surface area contributed by atoms with E-state index in [1.807, 2.05) is 20.8 Å². The predicted octanol–water partition coefficient (Wildman–Crippen LogP) is 2.06. The van der Waals surface area contributed by atoms with Crippen molar-refractivity contribution in [3.63, 3.8) is 0 Å². The zero-order chi connectivity index (χ0) is 16.4. The van der Waals surface area contributed by atoms with Gasteiger partial charge in [-0.2, -0.15) is 4.98 Å². The number of nitrogens with zero attached hydrogens (tertiary/aromatic N) is 3. The van der Waals surface area contributed by atoms with E-state index in [1.165, 1.54) is 0 Å². The van der Waals surface area contributed by atoms with Gasteiger partial charge in [-0.3, -0.25) is 0 Å². The van der Waals surface area contributed by atoms with Crippen molar-refractivity contribution in [2.45, 2.75) is 45.6 Å². The Labute approximate surface area is 136 Å². The van der Waals surface area contributed by atoms with E-state index in [1.54, 1.807) is 4.90 Å². The van der Waals surface area contributed by atoms with Crippen molar-refractivity contribution in [1.82, 2.24) is 15.0 Å². The first-order valence-corrected chi connectivity index (χ1v) is 8.26. The van der Waals surface area contributed by atoms with E-state index in [2.05, 4.69) is 10.1 Å². The number of rotatable bonds is 4. The number of likely N-dealkylation sites (tertiary alicyclic amines) is 1. The van der Waals surface area contributed by atoms with E-state index in [-0.39, 0.29) is 6.09 Å². The van der Waals surface area contributed by atoms with Gasteiger partial charge in [-0.1, -0.05) is 5.16 Å². The van der Waals surface area contributed by atoms with Crippen LogP contribution in [-0.2, 0) is 22.3 Å². The van der Waals surface area contributed by atoms with Crippen LogP contribution in [0.25, 0.3) is 0 Å². The van der Waals surface area contributed by atoms with Gasteiger partial charge in [-0.05, 0) is 33.1 Å². The van der Waals surface area contributed by atoms with Gasteiger partial charge in [-0.15, -0.1) is 0 Å². The Morgan fingerprint density at radius 3 is 2.74 bits per heavy atom. The fourth-order valence-electron chi connectivity index (χ4n) is 2.88. The Kier molecular flexibility index (Phi) is 4.57. The number of carbonyl (C=O) groups excluding carboxylic acids is 1. The molecule has 7 nitrogen and oxygen atoms in total. The molecule has 1 amide bonds. The average molecular weight is 323 g/mol. The summed E-state index contributed by atoms with van der Waals surface area (Å²) in [5, 5.41) is 4.05. The highest BCUT2D eigenvalue weighted by Crippen LogP contribution is 2.23. The first-order valence-electron chi connectivity index (χ1n) is 8.26. The topological polar surface area (TPSA) is 77.7 Å². The Hall–Kier alpha value is -1.63. The Bertz CT molecular complexity index is 540. The van der Waals surface area contributed by atoms with Gasteiger partial charge in [0.25, 0.3) is 0 Å². The molecule has 2 fully saturated rings. The fraction of sp³-hybridized carbons (Fsp3) is 0.812. The number of ether oxygens (including phenoxy) is 2. The molecule has 2 saturated heterocycles. The molecule has 0 N–H and O–H groups in total. The molecule has 0 aromatic carbocycles. The molecule has 1 atom stereocenters. The maximum atomic E-state index is 11.9. The minimum atomic E-state index is -0.451. The third kappa shape index (κ3) is 4.43. The maximum absolute atomic E-state index is 11.9. The summed E-state index contributed by atoms with van der Waals surface area (Å²) in [7, 11) is 0. The van der Waals surface area contributed by atoms with Gasteiger partial charge in [0.15, 0.2) is 5.82 Å². The normalized spacial score (nSPS) is 22.2. The van der Waals surface area contributed by atoms with Gasteiger partial charge in [0, 0.05) is 45.1 Å². The predicted molar refractivity (Wildman–Crippen MR) is 81.9 cm³/mol. The zero-order valence-electron chi connectivity index (χ0n) is 14.1. The molecule has 128 valence electrons. The van der Waals surface area contributed by atoms with Crippen molar-refractivity contribution < 1.29 is 18.8 Å². The molecule has 3 heterocycles. The van der Waals surface area contributed by atoms with E-state index in [0.29, 0.717) is 37.2 Å². The Morgan fingerprint density at radius 2 is 2.09 bits per heavy atom. The van der Waals surface area contributed by atoms with Gasteiger partial charge in [-0.25, -0.2) is 4.79 Å². The van der Waals surface area contributed by atoms with Gasteiger partial charge in [0.05, 0.1) is 0 Å². The van der Waals surface area contributed by atoms with Crippen LogP contribution in [0.15, 0.2) is 4.52 Å². The smallest absolute Gasteiger partial charge is 0.410 e. The highest BCUT2D eigenvalue weighted by Gasteiger charge is 2.34. The van der Waals surface area contributed by atoms with Gasteiger partial charge < -0.3 is 18.9 Å². The van der Waals surface area contributed by atoms with Crippen LogP contribution in [0.4, 0.5) is 4.79 Å². The molecule has 0 spiro atoms. The van der Waals surface area contributed by atoms with Crippen LogP contribution in [0.2, 0.25) is 0 Å². The summed E-state index contributed by atoms with van der Waals surface area (Å²) in [5.41, 5.74) is -0.451. The van der Waals surface area contributed by atoms with Gasteiger partial charge in [0.2, 0.25) is 5.89 Å². The van der Waals surface area contributed by atoms with Gasteiger partial charge in [0.1, 0.15) is 5.60 Å². The monoisotopic (exact) mass is 323 g/mol. The molecule has 2 aliphatic heterocycles. The average Bonchev–Trinajstić information content (AvgIpc) is 3.03. The molecule has 7 heteroatoms. The number of carbonyl (C=O) groups is 1. The molecule has 0 bridgehead atoms. The second kappa shape index (κ2) is 6.47. The molecular formula is C16H25N3O4. The molecule has 0 radical (unpaired) electrons. The van der Waals surface area contributed by atoms with Crippen LogP contribution in [0.3, 0.4) is 0 Å². The van der Waals surface area contributed by atoms with Crippen molar-refractivity contribution in [2.24, 2.45) is 11.8 Å². The van der Waals surface area contributed by atoms with Crippen molar-refractivity contribution in [1.29, 1.82) is 0 Å². The summed E-state index contributed by atoms with van der Waals surface area (Å²) < 4.78 is 16.0. The van der Waals surface area contributed by atoms with Crippen molar-refractivity contribution in [2.75, 3.05) is 26.3 Å². The second-order valence-electron chi connectivity index (χ2n) is 7.49. The summed E-state index contributed by atoms with van der Waals surface area (Å²) in [5.74, 6) is 2.30. The summed E-state index contributed by atoms with van der Waals surface area (Å²) in [6.07, 6.45) is 2.35. The highest BCUT2D eigenvalue weighted by molar-refractivity contribution is 5.69. The van der Waals surface area contributed by atoms with Crippen LogP contribution >= 0.6 is 0 Å². The fourth-order valence-corrected chi connectivity index (χ4v) is 2.88. The number of hydrogen-bond donors (Lipinski definition) is 0. The van der Waals surface area contributed by atoms with E-state index in [9.17, 15) is 4.79 Å². The molecule has 2 aliphatic rings. The lowest BCUT2D eigenvalue weighted by Crippen LogP contribution is -2.52. The summed E-state index contributed by atoms with van der Waals surface area (Å²) in [6.45, 7) is 8.61. The van der Waals surface area contributed by atoms with Crippen molar-refractivity contribution in [3.8, 4) is 0 Å². The van der Waals surface area contributed by atoms with Crippen LogP contribution in [0, 0.1) is 11.8 Å². The molecule has 3 rings (SSSR count). The first kappa shape index (κ1) is 16.2. The minimum absolute atomic E-state index is 0.249. The molecular weight excluding hydrogens is 298 g/mol. The summed E-state index contributed by atoms with van der Waals surface area (Å²) >= 11 is 0. The lowest BCUT2D eigenvalue weighted by molar-refractivity contribution is -0.00187. The largest absolute Gasteiger partial charge is 0.444 e. The molecule has 0 aliphatic carbocycles. The molecule has 1 unspecified atom stereocenters. The maximum Gasteiger partial charge on any atom is 0.410 e. The lowest BCUT2D eigenvalue weighted by Gasteiger charge is -2.39. The minimum Gasteiger partial charge on any atom is -0.444 e. The number of amides is 1. The van der Waals surface area contributed by atoms with Crippen LogP contribution in [-0.4, -0.2) is 53.0 Å². The number of aromatic nitrogens is 2.